The van der Waals surface area contributed by atoms with E-state index in [0.29, 0.717) is 10.7 Å². The van der Waals surface area contributed by atoms with Gasteiger partial charge in [0.25, 0.3) is 5.69 Å². The van der Waals surface area contributed by atoms with E-state index in [1.165, 1.54) is 17.7 Å². The van der Waals surface area contributed by atoms with Crippen molar-refractivity contribution < 1.29 is 4.92 Å². The number of hydrogen-bond acceptors (Lipinski definition) is 3. The van der Waals surface area contributed by atoms with Gasteiger partial charge in [0.05, 0.1) is 15.6 Å². The van der Waals surface area contributed by atoms with E-state index in [4.69, 9.17) is 11.6 Å². The second-order valence-electron chi connectivity index (χ2n) is 7.27. The SMILES string of the molecule is Cn1nc(-c2ccc([N+](=O)[O-])cc2)c(Cl)c1-c1ccc(C(C)(C)C)cc1. The fourth-order valence-corrected chi connectivity index (χ4v) is 3.24. The molecule has 1 heterocycles. The van der Waals surface area contributed by atoms with Crippen molar-refractivity contribution in [2.45, 2.75) is 26.2 Å². The fourth-order valence-electron chi connectivity index (χ4n) is 2.87. The predicted molar refractivity (Wildman–Crippen MR) is 104 cm³/mol. The van der Waals surface area contributed by atoms with Gasteiger partial charge < -0.3 is 0 Å². The lowest BCUT2D eigenvalue weighted by atomic mass is 9.86. The molecule has 0 radical (unpaired) electrons. The molecule has 0 saturated heterocycles. The van der Waals surface area contributed by atoms with Crippen molar-refractivity contribution in [3.05, 3.63) is 69.2 Å². The van der Waals surface area contributed by atoms with Gasteiger partial charge in [-0.05, 0) is 23.1 Å². The molecular formula is C20H20ClN3O2. The molecule has 0 N–H and O–H groups in total. The average molecular weight is 370 g/mol. The highest BCUT2D eigenvalue weighted by molar-refractivity contribution is 6.35. The minimum absolute atomic E-state index is 0.0406. The minimum Gasteiger partial charge on any atom is -0.266 e. The molecule has 0 unspecified atom stereocenters. The summed E-state index contributed by atoms with van der Waals surface area (Å²) in [6.45, 7) is 6.52. The second kappa shape index (κ2) is 6.57. The van der Waals surface area contributed by atoms with Crippen LogP contribution in [0, 0.1) is 10.1 Å². The third-order valence-corrected chi connectivity index (χ3v) is 4.72. The van der Waals surface area contributed by atoms with Gasteiger partial charge >= 0.3 is 0 Å². The van der Waals surface area contributed by atoms with Gasteiger partial charge in [0.15, 0.2) is 0 Å². The molecular weight excluding hydrogens is 350 g/mol. The second-order valence-corrected chi connectivity index (χ2v) is 7.64. The summed E-state index contributed by atoms with van der Waals surface area (Å²) in [5.41, 5.74) is 4.52. The summed E-state index contributed by atoms with van der Waals surface area (Å²) in [6, 6.07) is 14.5. The van der Waals surface area contributed by atoms with Crippen LogP contribution < -0.4 is 0 Å². The van der Waals surface area contributed by atoms with Crippen LogP contribution in [0.5, 0.6) is 0 Å². The Balaban J connectivity index is 2.02. The van der Waals surface area contributed by atoms with E-state index in [9.17, 15) is 10.1 Å². The molecule has 0 aliphatic rings. The van der Waals surface area contributed by atoms with E-state index in [2.05, 4.69) is 38.0 Å². The van der Waals surface area contributed by atoms with Crippen molar-refractivity contribution >= 4 is 17.3 Å². The zero-order valence-corrected chi connectivity index (χ0v) is 15.9. The van der Waals surface area contributed by atoms with Crippen LogP contribution in [0.1, 0.15) is 26.3 Å². The van der Waals surface area contributed by atoms with Crippen molar-refractivity contribution in [2.75, 3.05) is 0 Å². The lowest BCUT2D eigenvalue weighted by molar-refractivity contribution is -0.384. The maximum absolute atomic E-state index is 10.8. The summed E-state index contributed by atoms with van der Waals surface area (Å²) in [5.74, 6) is 0. The van der Waals surface area contributed by atoms with Crippen molar-refractivity contribution in [2.24, 2.45) is 7.05 Å². The van der Waals surface area contributed by atoms with Gasteiger partial charge in [0.2, 0.25) is 0 Å². The fraction of sp³-hybridized carbons (Fsp3) is 0.250. The van der Waals surface area contributed by atoms with Crippen LogP contribution in [0.4, 0.5) is 5.69 Å². The molecule has 0 bridgehead atoms. The standard InChI is InChI=1S/C20H20ClN3O2/c1-20(2,3)15-9-5-14(6-10-15)19-17(21)18(22-23(19)4)13-7-11-16(12-8-13)24(25)26/h5-12H,1-4H3. The van der Waals surface area contributed by atoms with Crippen molar-refractivity contribution in [3.63, 3.8) is 0 Å². The first-order valence-corrected chi connectivity index (χ1v) is 8.64. The molecule has 0 fully saturated rings. The Bertz CT molecular complexity index is 952. The molecule has 134 valence electrons. The number of aromatic nitrogens is 2. The van der Waals surface area contributed by atoms with Crippen LogP contribution in [0.25, 0.3) is 22.5 Å². The number of rotatable bonds is 3. The van der Waals surface area contributed by atoms with Gasteiger partial charge in [0, 0.05) is 30.3 Å². The predicted octanol–water partition coefficient (Wildman–Crippen LogP) is 5.61. The molecule has 0 atom stereocenters. The Morgan fingerprint density at radius 2 is 1.54 bits per heavy atom. The van der Waals surface area contributed by atoms with Gasteiger partial charge in [-0.3, -0.25) is 14.8 Å². The van der Waals surface area contributed by atoms with Crippen molar-refractivity contribution in [3.8, 4) is 22.5 Å². The number of benzene rings is 2. The van der Waals surface area contributed by atoms with Gasteiger partial charge in [-0.1, -0.05) is 56.6 Å². The highest BCUT2D eigenvalue weighted by atomic mass is 35.5. The average Bonchev–Trinajstić information content (AvgIpc) is 2.89. The number of halogens is 1. The quantitative estimate of drug-likeness (QED) is 0.445. The summed E-state index contributed by atoms with van der Waals surface area (Å²) in [5, 5.41) is 15.9. The van der Waals surface area contributed by atoms with E-state index < -0.39 is 4.92 Å². The van der Waals surface area contributed by atoms with E-state index in [-0.39, 0.29) is 11.1 Å². The van der Waals surface area contributed by atoms with Crippen LogP contribution in [0.3, 0.4) is 0 Å². The highest BCUT2D eigenvalue weighted by Gasteiger charge is 2.19. The molecule has 2 aromatic carbocycles. The Morgan fingerprint density at radius 1 is 1.00 bits per heavy atom. The normalized spacial score (nSPS) is 11.6. The summed E-state index contributed by atoms with van der Waals surface area (Å²) >= 11 is 6.61. The lowest BCUT2D eigenvalue weighted by Gasteiger charge is -2.19. The third-order valence-electron chi connectivity index (χ3n) is 4.37. The van der Waals surface area contributed by atoms with Crippen molar-refractivity contribution in [1.82, 2.24) is 9.78 Å². The molecule has 6 heteroatoms. The van der Waals surface area contributed by atoms with Gasteiger partial charge in [-0.25, -0.2) is 0 Å². The van der Waals surface area contributed by atoms with Crippen LogP contribution in [0.2, 0.25) is 5.02 Å². The maximum atomic E-state index is 10.8. The van der Waals surface area contributed by atoms with Crippen LogP contribution in [-0.2, 0) is 12.5 Å². The van der Waals surface area contributed by atoms with E-state index in [1.807, 2.05) is 19.2 Å². The lowest BCUT2D eigenvalue weighted by Crippen LogP contribution is -2.10. The zero-order chi connectivity index (χ0) is 19.1. The summed E-state index contributed by atoms with van der Waals surface area (Å²) in [4.78, 5) is 10.4. The number of nitro groups is 1. The summed E-state index contributed by atoms with van der Waals surface area (Å²) < 4.78 is 1.74. The first-order chi connectivity index (χ1) is 12.2. The maximum Gasteiger partial charge on any atom is 0.269 e. The van der Waals surface area contributed by atoms with Gasteiger partial charge in [-0.2, -0.15) is 5.10 Å². The first kappa shape index (κ1) is 18.1. The Kier molecular flexibility index (Phi) is 4.59. The molecule has 1 aromatic heterocycles. The third kappa shape index (κ3) is 3.35. The molecule has 0 aliphatic carbocycles. The molecule has 3 aromatic rings. The molecule has 0 spiro atoms. The van der Waals surface area contributed by atoms with Crippen LogP contribution in [0.15, 0.2) is 48.5 Å². The first-order valence-electron chi connectivity index (χ1n) is 8.26. The number of aryl methyl sites for hydroxylation is 1. The van der Waals surface area contributed by atoms with Crippen LogP contribution in [-0.4, -0.2) is 14.7 Å². The minimum atomic E-state index is -0.425. The number of nitrogens with zero attached hydrogens (tertiary/aromatic N) is 3. The van der Waals surface area contributed by atoms with Gasteiger partial charge in [0.1, 0.15) is 5.69 Å². The summed E-state index contributed by atoms with van der Waals surface area (Å²) in [6.07, 6.45) is 0. The largest absolute Gasteiger partial charge is 0.269 e. The highest BCUT2D eigenvalue weighted by Crippen LogP contribution is 2.37. The topological polar surface area (TPSA) is 61.0 Å². The van der Waals surface area contributed by atoms with E-state index in [0.717, 1.165) is 16.8 Å². The monoisotopic (exact) mass is 369 g/mol. The number of nitro benzene ring substituents is 1. The van der Waals surface area contributed by atoms with Crippen LogP contribution >= 0.6 is 11.6 Å². The molecule has 26 heavy (non-hydrogen) atoms. The van der Waals surface area contributed by atoms with E-state index in [1.54, 1.807) is 16.8 Å². The van der Waals surface area contributed by atoms with Gasteiger partial charge in [-0.15, -0.1) is 0 Å². The Morgan fingerprint density at radius 3 is 2.04 bits per heavy atom. The molecule has 5 nitrogen and oxygen atoms in total. The number of hydrogen-bond donors (Lipinski definition) is 0. The Labute approximate surface area is 157 Å². The smallest absolute Gasteiger partial charge is 0.266 e. The summed E-state index contributed by atoms with van der Waals surface area (Å²) in [7, 11) is 1.84. The zero-order valence-electron chi connectivity index (χ0n) is 15.2. The van der Waals surface area contributed by atoms with Crippen molar-refractivity contribution in [1.29, 1.82) is 0 Å². The molecule has 3 rings (SSSR count). The molecule has 0 amide bonds. The van der Waals surface area contributed by atoms with E-state index >= 15 is 0 Å². The number of non-ortho nitro benzene ring substituents is 1. The molecule has 0 saturated carbocycles. The molecule has 0 aliphatic heterocycles. The Hall–Kier alpha value is -2.66.